The second-order valence-electron chi connectivity index (χ2n) is 9.56. The first-order valence-corrected chi connectivity index (χ1v) is 15.4. The molecule has 0 N–H and O–H groups in total. The quantitative estimate of drug-likeness (QED) is 0.167. The molecule has 8 heteroatoms. The second kappa shape index (κ2) is 10.6. The topological polar surface area (TPSA) is 53.4 Å². The summed E-state index contributed by atoms with van der Waals surface area (Å²) in [5, 5.41) is 0.702. The molecule has 5 nitrogen and oxygen atoms in total. The number of fused-ring (bicyclic) bond motifs is 1. The summed E-state index contributed by atoms with van der Waals surface area (Å²) in [5.41, 5.74) is 6.20. The molecule has 0 aliphatic rings. The van der Waals surface area contributed by atoms with Crippen LogP contribution in [0, 0.1) is 23.1 Å². The molecule has 2 aromatic carbocycles. The molecule has 0 atom stereocenters. The Morgan fingerprint density at radius 1 is 1.11 bits per heavy atom. The Hall–Kier alpha value is -3.96. The first-order valence-electron chi connectivity index (χ1n) is 11.9. The van der Waals surface area contributed by atoms with Gasteiger partial charge in [0.1, 0.15) is 25.4 Å². The van der Waals surface area contributed by atoms with Gasteiger partial charge in [-0.2, -0.15) is 0 Å². The molecule has 0 saturated heterocycles. The lowest BCUT2D eigenvalue weighted by atomic mass is 10.0. The van der Waals surface area contributed by atoms with Crippen molar-refractivity contribution >= 4 is 24.9 Å². The summed E-state index contributed by atoms with van der Waals surface area (Å²) in [4.78, 5) is 17.7. The summed E-state index contributed by atoms with van der Waals surface area (Å²) in [7, 11) is -0.142. The Balaban J connectivity index is 2.09. The van der Waals surface area contributed by atoms with Crippen molar-refractivity contribution in [2.45, 2.75) is 33.1 Å². The Morgan fingerprint density at radius 3 is 2.59 bits per heavy atom. The number of hydrogen-bond donors (Lipinski definition) is 0. The van der Waals surface area contributed by atoms with E-state index in [1.807, 2.05) is 18.2 Å². The molecule has 0 aliphatic carbocycles. The molecule has 2 aromatic heterocycles. The zero-order chi connectivity index (χ0) is 26.7. The van der Waals surface area contributed by atoms with Crippen LogP contribution < -0.4 is 4.74 Å². The predicted molar refractivity (Wildman–Crippen MR) is 143 cm³/mol. The number of carbonyl (C=O) groups excluding carboxylic acids is 1. The third-order valence-electron chi connectivity index (χ3n) is 5.68. The van der Waals surface area contributed by atoms with Gasteiger partial charge >= 0.3 is 5.97 Å². The zero-order valence-electron chi connectivity index (χ0n) is 21.5. The molecule has 0 aliphatic heterocycles. The molecule has 0 bridgehead atoms. The molecular weight excluding hydrogens is 490 g/mol. The number of esters is 1. The van der Waals surface area contributed by atoms with E-state index in [1.165, 1.54) is 7.11 Å². The Bertz CT molecular complexity index is 1540. The number of benzene rings is 2. The van der Waals surface area contributed by atoms with Gasteiger partial charge in [0.15, 0.2) is 0 Å². The Morgan fingerprint density at radius 2 is 1.89 bits per heavy atom. The van der Waals surface area contributed by atoms with Crippen LogP contribution in [0.25, 0.3) is 22.0 Å². The van der Waals surface area contributed by atoms with Gasteiger partial charge in [0, 0.05) is 39.4 Å². The highest BCUT2D eigenvalue weighted by Crippen LogP contribution is 2.40. The van der Waals surface area contributed by atoms with Crippen molar-refractivity contribution in [3.63, 3.8) is 0 Å². The van der Waals surface area contributed by atoms with Crippen LogP contribution in [-0.4, -0.2) is 37.3 Å². The number of aromatic nitrogens is 2. The SMILES string of the molecule is CCOC(=O)c1c(-c2cccnc2OC)c2cc(C#C[Si](C)(C)C)ccc2n1Cc1cc(F)ccc1F. The first-order chi connectivity index (χ1) is 17.6. The maximum Gasteiger partial charge on any atom is 0.355 e. The lowest BCUT2D eigenvalue weighted by Gasteiger charge is -2.13. The first kappa shape index (κ1) is 26.1. The highest BCUT2D eigenvalue weighted by molar-refractivity contribution is 6.83. The van der Waals surface area contributed by atoms with Crippen molar-refractivity contribution < 1.29 is 23.0 Å². The predicted octanol–water partition coefficient (Wildman–Crippen LogP) is 6.44. The van der Waals surface area contributed by atoms with Crippen LogP contribution in [0.5, 0.6) is 5.88 Å². The fourth-order valence-electron chi connectivity index (χ4n) is 4.12. The van der Waals surface area contributed by atoms with Crippen molar-refractivity contribution in [2.24, 2.45) is 0 Å². The Kier molecular flexibility index (Phi) is 7.46. The van der Waals surface area contributed by atoms with Gasteiger partial charge in [-0.1, -0.05) is 25.6 Å². The van der Waals surface area contributed by atoms with E-state index >= 15 is 0 Å². The smallest absolute Gasteiger partial charge is 0.355 e. The summed E-state index contributed by atoms with van der Waals surface area (Å²) >= 11 is 0. The lowest BCUT2D eigenvalue weighted by Crippen LogP contribution is -2.16. The Labute approximate surface area is 216 Å². The molecule has 4 rings (SSSR count). The van der Waals surface area contributed by atoms with Gasteiger partial charge in [-0.05, 0) is 55.5 Å². The van der Waals surface area contributed by atoms with E-state index in [0.29, 0.717) is 27.9 Å². The van der Waals surface area contributed by atoms with E-state index in [-0.39, 0.29) is 24.4 Å². The number of halogens is 2. The maximum atomic E-state index is 14.7. The molecule has 0 amide bonds. The van der Waals surface area contributed by atoms with Gasteiger partial charge in [-0.3, -0.25) is 0 Å². The van der Waals surface area contributed by atoms with Gasteiger partial charge in [-0.25, -0.2) is 18.6 Å². The van der Waals surface area contributed by atoms with Gasteiger partial charge < -0.3 is 14.0 Å². The molecule has 190 valence electrons. The third-order valence-corrected chi connectivity index (χ3v) is 6.56. The van der Waals surface area contributed by atoms with Gasteiger partial charge in [0.2, 0.25) is 5.88 Å². The fraction of sp³-hybridized carbons (Fsp3) is 0.241. The minimum absolute atomic E-state index is 0.0866. The van der Waals surface area contributed by atoms with Gasteiger partial charge in [-0.15, -0.1) is 5.54 Å². The van der Waals surface area contributed by atoms with Crippen LogP contribution in [0.3, 0.4) is 0 Å². The van der Waals surface area contributed by atoms with Crippen LogP contribution in [0.15, 0.2) is 54.7 Å². The monoisotopic (exact) mass is 518 g/mol. The number of methoxy groups -OCH3 is 1. The number of carbonyl (C=O) groups is 1. The minimum Gasteiger partial charge on any atom is -0.481 e. The van der Waals surface area contributed by atoms with Crippen LogP contribution in [0.2, 0.25) is 19.6 Å². The van der Waals surface area contributed by atoms with E-state index in [9.17, 15) is 13.6 Å². The van der Waals surface area contributed by atoms with Crippen molar-refractivity contribution in [1.29, 1.82) is 0 Å². The number of ether oxygens (including phenoxy) is 2. The lowest BCUT2D eigenvalue weighted by molar-refractivity contribution is 0.0516. The molecule has 0 fully saturated rings. The van der Waals surface area contributed by atoms with E-state index in [2.05, 4.69) is 36.1 Å². The molecule has 0 unspecified atom stereocenters. The summed E-state index contributed by atoms with van der Waals surface area (Å²) in [6, 6.07) is 12.4. The van der Waals surface area contributed by atoms with E-state index < -0.39 is 25.7 Å². The average molecular weight is 519 g/mol. The summed E-state index contributed by atoms with van der Waals surface area (Å²) in [6.07, 6.45) is 1.60. The van der Waals surface area contributed by atoms with Crippen LogP contribution in [0.4, 0.5) is 8.78 Å². The molecule has 0 spiro atoms. The van der Waals surface area contributed by atoms with Crippen LogP contribution in [-0.2, 0) is 11.3 Å². The number of nitrogens with zero attached hydrogens (tertiary/aromatic N) is 2. The highest BCUT2D eigenvalue weighted by Gasteiger charge is 2.28. The molecule has 4 aromatic rings. The van der Waals surface area contributed by atoms with Gasteiger partial charge in [0.25, 0.3) is 0 Å². The third kappa shape index (κ3) is 5.57. The van der Waals surface area contributed by atoms with E-state index in [1.54, 1.807) is 29.8 Å². The molecule has 0 radical (unpaired) electrons. The van der Waals surface area contributed by atoms with Crippen molar-refractivity contribution in [3.8, 4) is 28.5 Å². The largest absolute Gasteiger partial charge is 0.481 e. The molecule has 37 heavy (non-hydrogen) atoms. The van der Waals surface area contributed by atoms with Crippen molar-refractivity contribution in [1.82, 2.24) is 9.55 Å². The van der Waals surface area contributed by atoms with Gasteiger partial charge in [0.05, 0.1) is 20.3 Å². The normalized spacial score (nSPS) is 11.2. The molecular formula is C29H28F2N2O3Si. The van der Waals surface area contributed by atoms with Crippen molar-refractivity contribution in [3.05, 3.63) is 83.2 Å². The minimum atomic E-state index is -1.64. The molecule has 0 saturated carbocycles. The fourth-order valence-corrected chi connectivity index (χ4v) is 4.64. The maximum absolute atomic E-state index is 14.7. The summed E-state index contributed by atoms with van der Waals surface area (Å²) < 4.78 is 41.4. The zero-order valence-corrected chi connectivity index (χ0v) is 22.5. The summed E-state index contributed by atoms with van der Waals surface area (Å²) in [6.45, 7) is 8.25. The highest BCUT2D eigenvalue weighted by atomic mass is 28.3. The van der Waals surface area contributed by atoms with Crippen LogP contribution >= 0.6 is 0 Å². The van der Waals surface area contributed by atoms with Crippen molar-refractivity contribution in [2.75, 3.05) is 13.7 Å². The number of rotatable bonds is 6. The van der Waals surface area contributed by atoms with E-state index in [4.69, 9.17) is 9.47 Å². The average Bonchev–Trinajstić information content (AvgIpc) is 3.18. The standard InChI is InChI=1S/C29H28F2N2O3Si/c1-6-36-29(34)27-26(22-8-7-14-32-28(22)35-2)23-16-19(13-15-37(3,4)5)9-12-25(23)33(27)18-20-17-21(30)10-11-24(20)31/h7-12,14,16-17H,6,18H2,1-5H3. The number of hydrogen-bond acceptors (Lipinski definition) is 4. The summed E-state index contributed by atoms with van der Waals surface area (Å²) in [5.74, 6) is 1.85. The number of pyridine rings is 1. The molecule has 2 heterocycles. The van der Waals surface area contributed by atoms with E-state index in [0.717, 1.165) is 23.8 Å². The second-order valence-corrected chi connectivity index (χ2v) is 14.3. The van der Waals surface area contributed by atoms with Crippen LogP contribution in [0.1, 0.15) is 28.5 Å².